The van der Waals surface area contributed by atoms with Crippen molar-refractivity contribution in [3.8, 4) is 0 Å². The molecule has 0 unspecified atom stereocenters. The van der Waals surface area contributed by atoms with Crippen molar-refractivity contribution in [3.05, 3.63) is 48.0 Å². The molecule has 106 valence electrons. The predicted octanol–water partition coefficient (Wildman–Crippen LogP) is 3.48. The summed E-state index contributed by atoms with van der Waals surface area (Å²) in [5, 5.41) is 2.92. The summed E-state index contributed by atoms with van der Waals surface area (Å²) in [6, 6.07) is 2.51. The lowest BCUT2D eigenvalue weighted by Gasteiger charge is -2.10. The van der Waals surface area contributed by atoms with Crippen LogP contribution in [0.1, 0.15) is 17.5 Å². The van der Waals surface area contributed by atoms with E-state index in [1.165, 1.54) is 6.26 Å². The lowest BCUT2D eigenvalue weighted by molar-refractivity contribution is -0.137. The first kappa shape index (κ1) is 15.5. The molecular weight excluding hydrogens is 262 g/mol. The van der Waals surface area contributed by atoms with Gasteiger partial charge in [0.2, 0.25) is 0 Å². The highest BCUT2D eigenvalue weighted by molar-refractivity contribution is 5.26. The van der Waals surface area contributed by atoms with E-state index < -0.39 is 17.6 Å². The Bertz CT molecular complexity index is 418. The van der Waals surface area contributed by atoms with Gasteiger partial charge in [0.15, 0.2) is 0 Å². The molecule has 0 spiro atoms. The van der Waals surface area contributed by atoms with E-state index in [0.717, 1.165) is 12.1 Å². The molecule has 0 radical (unpaired) electrons. The Hall–Kier alpha value is -1.56. The highest BCUT2D eigenvalue weighted by atomic mass is 19.4. The number of rotatable bonds is 7. The van der Waals surface area contributed by atoms with Crippen molar-refractivity contribution in [3.63, 3.8) is 0 Å². The molecule has 0 aliphatic rings. The number of hydrogen-bond acceptors (Lipinski definition) is 2. The normalized spacial score (nSPS) is 11.4. The van der Waals surface area contributed by atoms with Crippen molar-refractivity contribution in [1.29, 1.82) is 0 Å². The Balaban J connectivity index is 2.50. The molecule has 19 heavy (non-hydrogen) atoms. The summed E-state index contributed by atoms with van der Waals surface area (Å²) in [5.74, 6) is -0.887. The van der Waals surface area contributed by atoms with Crippen LogP contribution in [0.15, 0.2) is 31.0 Å². The summed E-state index contributed by atoms with van der Waals surface area (Å²) in [6.07, 6.45) is -2.52. The van der Waals surface area contributed by atoms with Crippen LogP contribution in [0.5, 0.6) is 0 Å². The van der Waals surface area contributed by atoms with Gasteiger partial charge in [-0.3, -0.25) is 0 Å². The third-order valence-corrected chi connectivity index (χ3v) is 2.35. The average molecular weight is 277 g/mol. The van der Waals surface area contributed by atoms with Crippen LogP contribution in [0.4, 0.5) is 17.6 Å². The molecule has 2 nitrogen and oxygen atoms in total. The maximum Gasteiger partial charge on any atom is 0.416 e. The maximum atomic E-state index is 13.1. The molecule has 0 atom stereocenters. The van der Waals surface area contributed by atoms with Crippen molar-refractivity contribution in [2.75, 3.05) is 13.2 Å². The zero-order valence-electron chi connectivity index (χ0n) is 10.3. The van der Waals surface area contributed by atoms with Crippen molar-refractivity contribution >= 4 is 0 Å². The van der Waals surface area contributed by atoms with Gasteiger partial charge in [-0.1, -0.05) is 6.58 Å². The molecule has 6 heteroatoms. The van der Waals surface area contributed by atoms with Crippen molar-refractivity contribution in [2.24, 2.45) is 0 Å². The first-order valence-electron chi connectivity index (χ1n) is 5.73. The fourth-order valence-corrected chi connectivity index (χ4v) is 1.51. The molecule has 1 aromatic rings. The fourth-order valence-electron chi connectivity index (χ4n) is 1.51. The van der Waals surface area contributed by atoms with Crippen molar-refractivity contribution in [2.45, 2.75) is 19.1 Å². The Morgan fingerprint density at radius 2 is 2.00 bits per heavy atom. The van der Waals surface area contributed by atoms with Crippen molar-refractivity contribution in [1.82, 2.24) is 5.32 Å². The molecule has 0 heterocycles. The molecule has 0 bridgehead atoms. The summed E-state index contributed by atoms with van der Waals surface area (Å²) in [7, 11) is 0. The lowest BCUT2D eigenvalue weighted by Crippen LogP contribution is -2.17. The second-order valence-corrected chi connectivity index (χ2v) is 3.91. The average Bonchev–Trinajstić information content (AvgIpc) is 2.32. The van der Waals surface area contributed by atoms with Gasteiger partial charge in [0.1, 0.15) is 5.82 Å². The minimum absolute atomic E-state index is 0.176. The summed E-state index contributed by atoms with van der Waals surface area (Å²) < 4.78 is 55.3. The molecule has 0 fully saturated rings. The van der Waals surface area contributed by atoms with Crippen LogP contribution in [0, 0.1) is 5.82 Å². The zero-order valence-corrected chi connectivity index (χ0v) is 10.3. The number of alkyl halides is 3. The smallest absolute Gasteiger partial charge is 0.416 e. The predicted molar refractivity (Wildman–Crippen MR) is 63.9 cm³/mol. The van der Waals surface area contributed by atoms with Crippen LogP contribution in [-0.2, 0) is 17.5 Å². The van der Waals surface area contributed by atoms with Crippen LogP contribution in [0.3, 0.4) is 0 Å². The van der Waals surface area contributed by atoms with Gasteiger partial charge in [0.05, 0.1) is 18.4 Å². The number of hydrogen-bond donors (Lipinski definition) is 1. The van der Waals surface area contributed by atoms with Crippen LogP contribution in [0.25, 0.3) is 0 Å². The molecule has 1 rings (SSSR count). The molecule has 0 aromatic heterocycles. The Morgan fingerprint density at radius 3 is 2.63 bits per heavy atom. The van der Waals surface area contributed by atoms with E-state index in [0.29, 0.717) is 25.6 Å². The van der Waals surface area contributed by atoms with Crippen LogP contribution < -0.4 is 5.32 Å². The van der Waals surface area contributed by atoms with Gasteiger partial charge in [-0.2, -0.15) is 13.2 Å². The minimum atomic E-state index is -4.53. The Labute approximate surface area is 109 Å². The fraction of sp³-hybridized carbons (Fsp3) is 0.385. The molecule has 1 N–H and O–H groups in total. The molecule has 0 saturated carbocycles. The van der Waals surface area contributed by atoms with Gasteiger partial charge in [-0.25, -0.2) is 4.39 Å². The molecule has 0 saturated heterocycles. The number of benzene rings is 1. The van der Waals surface area contributed by atoms with E-state index in [2.05, 4.69) is 11.9 Å². The van der Waals surface area contributed by atoms with Gasteiger partial charge in [-0.15, -0.1) is 0 Å². The summed E-state index contributed by atoms with van der Waals surface area (Å²) in [6.45, 7) is 4.59. The highest BCUT2D eigenvalue weighted by Gasteiger charge is 2.31. The molecular formula is C13H15F4NO. The van der Waals surface area contributed by atoms with Gasteiger partial charge in [0.25, 0.3) is 0 Å². The minimum Gasteiger partial charge on any atom is -0.502 e. The maximum absolute atomic E-state index is 13.1. The second-order valence-electron chi connectivity index (χ2n) is 3.91. The van der Waals surface area contributed by atoms with E-state index in [9.17, 15) is 17.6 Å². The summed E-state index contributed by atoms with van der Waals surface area (Å²) in [5.41, 5.74) is -0.712. The second kappa shape index (κ2) is 7.13. The molecule has 0 aliphatic carbocycles. The molecule has 0 aliphatic heterocycles. The van der Waals surface area contributed by atoms with E-state index >= 15 is 0 Å². The van der Waals surface area contributed by atoms with E-state index in [-0.39, 0.29) is 12.1 Å². The standard InChI is InChI=1S/C13H15F4NO/c1-2-19-5-3-4-18-9-10-6-11(13(15,16)17)8-12(14)7-10/h2,6-8,18H,1,3-5,9H2. The van der Waals surface area contributed by atoms with Gasteiger partial charge in [0, 0.05) is 6.54 Å². The number of halogens is 4. The Morgan fingerprint density at radius 1 is 1.26 bits per heavy atom. The summed E-state index contributed by atoms with van der Waals surface area (Å²) in [4.78, 5) is 0. The first-order chi connectivity index (χ1) is 8.93. The van der Waals surface area contributed by atoms with Gasteiger partial charge in [-0.05, 0) is 36.7 Å². The molecule has 1 aromatic carbocycles. The zero-order chi connectivity index (χ0) is 14.3. The number of nitrogens with one attached hydrogen (secondary N) is 1. The van der Waals surface area contributed by atoms with Crippen molar-refractivity contribution < 1.29 is 22.3 Å². The molecule has 0 amide bonds. The third-order valence-electron chi connectivity index (χ3n) is 2.35. The monoisotopic (exact) mass is 277 g/mol. The summed E-state index contributed by atoms with van der Waals surface area (Å²) >= 11 is 0. The van der Waals surface area contributed by atoms with E-state index in [4.69, 9.17) is 4.74 Å². The van der Waals surface area contributed by atoms with E-state index in [1.807, 2.05) is 0 Å². The quantitative estimate of drug-likeness (QED) is 0.468. The topological polar surface area (TPSA) is 21.3 Å². The van der Waals surface area contributed by atoms with Crippen LogP contribution >= 0.6 is 0 Å². The van der Waals surface area contributed by atoms with Gasteiger partial charge < -0.3 is 10.1 Å². The van der Waals surface area contributed by atoms with Crippen LogP contribution in [0.2, 0.25) is 0 Å². The lowest BCUT2D eigenvalue weighted by atomic mass is 10.1. The van der Waals surface area contributed by atoms with E-state index in [1.54, 1.807) is 0 Å². The van der Waals surface area contributed by atoms with Crippen LogP contribution in [-0.4, -0.2) is 13.2 Å². The largest absolute Gasteiger partial charge is 0.502 e. The highest BCUT2D eigenvalue weighted by Crippen LogP contribution is 2.30. The number of ether oxygens (including phenoxy) is 1. The Kier molecular flexibility index (Phi) is 5.82. The SMILES string of the molecule is C=COCCCNCc1cc(F)cc(C(F)(F)F)c1. The first-order valence-corrected chi connectivity index (χ1v) is 5.73. The van der Waals surface area contributed by atoms with Gasteiger partial charge >= 0.3 is 6.18 Å². The third kappa shape index (κ3) is 5.74.